The summed E-state index contributed by atoms with van der Waals surface area (Å²) >= 11 is 0. The van der Waals surface area contributed by atoms with Gasteiger partial charge in [-0.1, -0.05) is 5.11 Å². The van der Waals surface area contributed by atoms with Crippen LogP contribution in [0.1, 0.15) is 6.23 Å². The van der Waals surface area contributed by atoms with E-state index in [2.05, 4.69) is 25.0 Å². The third-order valence-electron chi connectivity index (χ3n) is 3.72. The van der Waals surface area contributed by atoms with Gasteiger partial charge >= 0.3 is 0 Å². The lowest BCUT2D eigenvalue weighted by atomic mass is 10.1. The summed E-state index contributed by atoms with van der Waals surface area (Å²) in [6.07, 6.45) is -0.749. The molecule has 24 heavy (non-hydrogen) atoms. The van der Waals surface area contributed by atoms with E-state index in [1.54, 1.807) is 0 Å². The van der Waals surface area contributed by atoms with Crippen LogP contribution in [0.2, 0.25) is 0 Å². The summed E-state index contributed by atoms with van der Waals surface area (Å²) in [5.41, 5.74) is 14.8. The number of azide groups is 1. The molecule has 0 spiro atoms. The molecule has 0 saturated carbocycles. The van der Waals surface area contributed by atoms with E-state index in [0.29, 0.717) is 11.2 Å². The van der Waals surface area contributed by atoms with Crippen LogP contribution < -0.4 is 5.73 Å². The van der Waals surface area contributed by atoms with Gasteiger partial charge in [-0.05, 0) is 5.53 Å². The third kappa shape index (κ3) is 2.84. The van der Waals surface area contributed by atoms with Crippen LogP contribution >= 0.6 is 0 Å². The Morgan fingerprint density at radius 1 is 1.46 bits per heavy atom. The Morgan fingerprint density at radius 3 is 3.04 bits per heavy atom. The van der Waals surface area contributed by atoms with Crippen LogP contribution in [0.15, 0.2) is 17.8 Å². The zero-order valence-electron chi connectivity index (χ0n) is 12.5. The fourth-order valence-corrected chi connectivity index (χ4v) is 2.63. The minimum Gasteiger partial charge on any atom is -0.394 e. The molecular formula is C12H16N8O4. The van der Waals surface area contributed by atoms with E-state index in [0.717, 1.165) is 0 Å². The van der Waals surface area contributed by atoms with Gasteiger partial charge in [0.2, 0.25) is 0 Å². The number of hydrogen-bond acceptors (Lipinski definition) is 9. The highest BCUT2D eigenvalue weighted by molar-refractivity contribution is 5.81. The Labute approximate surface area is 135 Å². The van der Waals surface area contributed by atoms with Gasteiger partial charge in [-0.25, -0.2) is 15.0 Å². The van der Waals surface area contributed by atoms with Gasteiger partial charge < -0.3 is 25.4 Å². The van der Waals surface area contributed by atoms with Gasteiger partial charge in [0.05, 0.1) is 19.5 Å². The number of nitrogens with two attached hydrogens (primary N) is 1. The lowest BCUT2D eigenvalue weighted by molar-refractivity contribution is -0.0591. The summed E-state index contributed by atoms with van der Waals surface area (Å²) in [4.78, 5) is 14.7. The molecule has 0 aliphatic carbocycles. The molecule has 1 unspecified atom stereocenters. The van der Waals surface area contributed by atoms with Crippen molar-refractivity contribution < 1.29 is 19.7 Å². The fraction of sp³-hybridized carbons (Fsp3) is 0.583. The molecule has 3 rings (SSSR count). The van der Waals surface area contributed by atoms with Crippen LogP contribution in [0.4, 0.5) is 5.82 Å². The second-order valence-electron chi connectivity index (χ2n) is 5.11. The first-order valence-corrected chi connectivity index (χ1v) is 7.17. The van der Waals surface area contributed by atoms with E-state index in [9.17, 15) is 10.2 Å². The average molecular weight is 336 g/mol. The summed E-state index contributed by atoms with van der Waals surface area (Å²) < 4.78 is 12.7. The van der Waals surface area contributed by atoms with Gasteiger partial charge in [0.25, 0.3) is 0 Å². The molecule has 1 saturated heterocycles. The van der Waals surface area contributed by atoms with E-state index in [-0.39, 0.29) is 25.6 Å². The SMILES string of the molecule is [N-]=[N+]=NCCOC1[C@@H](CO)O[C@@H](n2cnc3c(N)ncnc32)[C@H]1O. The quantitative estimate of drug-likeness (QED) is 0.269. The third-order valence-corrected chi connectivity index (χ3v) is 3.72. The van der Waals surface area contributed by atoms with Crippen molar-refractivity contribution in [1.29, 1.82) is 0 Å². The van der Waals surface area contributed by atoms with Crippen molar-refractivity contribution in [2.45, 2.75) is 24.5 Å². The zero-order chi connectivity index (χ0) is 17.1. The molecule has 3 heterocycles. The first kappa shape index (κ1) is 16.4. The van der Waals surface area contributed by atoms with Crippen LogP contribution in [0.5, 0.6) is 0 Å². The first-order valence-electron chi connectivity index (χ1n) is 7.17. The van der Waals surface area contributed by atoms with Gasteiger partial charge in [-0.2, -0.15) is 0 Å². The Hall–Kier alpha value is -2.50. The van der Waals surface area contributed by atoms with Crippen molar-refractivity contribution in [2.75, 3.05) is 25.5 Å². The number of anilines is 1. The molecule has 2 aromatic heterocycles. The van der Waals surface area contributed by atoms with Crippen molar-refractivity contribution in [1.82, 2.24) is 19.5 Å². The normalized spacial score (nSPS) is 26.6. The molecule has 2 aromatic rings. The van der Waals surface area contributed by atoms with E-state index in [4.69, 9.17) is 20.7 Å². The van der Waals surface area contributed by atoms with Crippen molar-refractivity contribution in [2.24, 2.45) is 5.11 Å². The number of nitrogens with zero attached hydrogens (tertiary/aromatic N) is 7. The van der Waals surface area contributed by atoms with Crippen LogP contribution in [0.25, 0.3) is 21.6 Å². The fourth-order valence-electron chi connectivity index (χ4n) is 2.63. The number of aliphatic hydroxyl groups excluding tert-OH is 2. The molecule has 1 fully saturated rings. The van der Waals surface area contributed by atoms with E-state index in [1.165, 1.54) is 17.2 Å². The summed E-state index contributed by atoms with van der Waals surface area (Å²) in [6.45, 7) is -0.137. The Balaban J connectivity index is 1.83. The number of fused-ring (bicyclic) bond motifs is 1. The average Bonchev–Trinajstić information content (AvgIpc) is 3.14. The second-order valence-corrected chi connectivity index (χ2v) is 5.11. The first-order chi connectivity index (χ1) is 11.7. The van der Waals surface area contributed by atoms with Crippen molar-refractivity contribution >= 4 is 17.0 Å². The summed E-state index contributed by atoms with van der Waals surface area (Å²) in [5, 5.41) is 23.3. The predicted octanol–water partition coefficient (Wildman–Crippen LogP) is -0.645. The Morgan fingerprint density at radius 2 is 2.29 bits per heavy atom. The number of aliphatic hydroxyl groups is 2. The van der Waals surface area contributed by atoms with Gasteiger partial charge in [0.15, 0.2) is 17.7 Å². The number of rotatable bonds is 6. The maximum Gasteiger partial charge on any atom is 0.167 e. The van der Waals surface area contributed by atoms with Crippen molar-refractivity contribution in [3.05, 3.63) is 23.1 Å². The summed E-state index contributed by atoms with van der Waals surface area (Å²) in [5.74, 6) is 0.215. The van der Waals surface area contributed by atoms with Crippen LogP contribution in [0, 0.1) is 0 Å². The summed E-state index contributed by atoms with van der Waals surface area (Å²) in [7, 11) is 0. The Kier molecular flexibility index (Phi) is 4.74. The standard InChI is InChI=1S/C12H16N8O4/c13-10-7-11(16-4-15-10)20(5-17-7)12-8(22)9(6(3-21)24-12)23-2-1-18-19-14/h4-6,8-9,12,21-22H,1-3H2,(H2,13,15,16)/t6-,8+,9?,12-/m1/s1. The topological polar surface area (TPSA) is 177 Å². The molecule has 1 aliphatic heterocycles. The number of imidazole rings is 1. The van der Waals surface area contributed by atoms with E-state index < -0.39 is 24.5 Å². The summed E-state index contributed by atoms with van der Waals surface area (Å²) in [6, 6.07) is 0. The van der Waals surface area contributed by atoms with E-state index in [1.807, 2.05) is 0 Å². The number of ether oxygens (including phenoxy) is 2. The van der Waals surface area contributed by atoms with Crippen molar-refractivity contribution in [3.8, 4) is 0 Å². The molecule has 4 N–H and O–H groups in total. The van der Waals surface area contributed by atoms with Gasteiger partial charge in [-0.15, -0.1) is 0 Å². The monoisotopic (exact) mass is 336 g/mol. The van der Waals surface area contributed by atoms with Gasteiger partial charge in [0.1, 0.15) is 30.2 Å². The lowest BCUT2D eigenvalue weighted by Gasteiger charge is -2.19. The highest BCUT2D eigenvalue weighted by atomic mass is 16.6. The number of nitrogen functional groups attached to an aromatic ring is 1. The van der Waals surface area contributed by atoms with Gasteiger partial charge in [-0.3, -0.25) is 4.57 Å². The molecular weight excluding hydrogens is 320 g/mol. The van der Waals surface area contributed by atoms with Gasteiger partial charge in [0, 0.05) is 11.5 Å². The molecule has 0 aromatic carbocycles. The van der Waals surface area contributed by atoms with Crippen molar-refractivity contribution in [3.63, 3.8) is 0 Å². The molecule has 0 bridgehead atoms. The maximum atomic E-state index is 10.5. The lowest BCUT2D eigenvalue weighted by Crippen LogP contribution is -2.36. The molecule has 0 radical (unpaired) electrons. The largest absolute Gasteiger partial charge is 0.394 e. The molecule has 1 aliphatic rings. The molecule has 0 amide bonds. The number of aromatic nitrogens is 4. The second kappa shape index (κ2) is 6.95. The molecule has 12 heteroatoms. The Bertz CT molecular complexity index is 761. The smallest absolute Gasteiger partial charge is 0.167 e. The zero-order valence-corrected chi connectivity index (χ0v) is 12.5. The molecule has 4 atom stereocenters. The highest BCUT2D eigenvalue weighted by Gasteiger charge is 2.45. The van der Waals surface area contributed by atoms with Crippen LogP contribution in [0.3, 0.4) is 0 Å². The maximum absolute atomic E-state index is 10.5. The van der Waals surface area contributed by atoms with Crippen LogP contribution in [-0.2, 0) is 9.47 Å². The minimum absolute atomic E-state index is 0.0954. The van der Waals surface area contributed by atoms with Crippen LogP contribution in [-0.4, -0.2) is 67.8 Å². The number of hydrogen-bond donors (Lipinski definition) is 3. The predicted molar refractivity (Wildman–Crippen MR) is 80.5 cm³/mol. The van der Waals surface area contributed by atoms with E-state index >= 15 is 0 Å². The highest BCUT2D eigenvalue weighted by Crippen LogP contribution is 2.33. The molecule has 128 valence electrons. The molecule has 12 nitrogen and oxygen atoms in total. The minimum atomic E-state index is -1.08.